The Bertz CT molecular complexity index is 1160. The molecule has 5 aromatic rings. The van der Waals surface area contributed by atoms with Gasteiger partial charge in [0.15, 0.2) is 5.65 Å². The van der Waals surface area contributed by atoms with Gasteiger partial charge in [0.05, 0.1) is 11.4 Å². The van der Waals surface area contributed by atoms with Crippen LogP contribution in [-0.2, 0) is 5.75 Å². The molecule has 0 aliphatic carbocycles. The van der Waals surface area contributed by atoms with Crippen LogP contribution in [-0.4, -0.2) is 34.2 Å². The number of aromatic nitrogens is 7. The molecule has 0 radical (unpaired) electrons. The highest BCUT2D eigenvalue weighted by atomic mass is 32.2. The summed E-state index contributed by atoms with van der Waals surface area (Å²) >= 11 is 1.56. The van der Waals surface area contributed by atoms with Crippen LogP contribution in [0.2, 0.25) is 0 Å². The zero-order chi connectivity index (χ0) is 17.3. The van der Waals surface area contributed by atoms with Crippen LogP contribution in [0, 0.1) is 0 Å². The lowest BCUT2D eigenvalue weighted by atomic mass is 10.2. The van der Waals surface area contributed by atoms with Gasteiger partial charge in [0.2, 0.25) is 5.16 Å². The predicted octanol–water partition coefficient (Wildman–Crippen LogP) is 3.13. The maximum absolute atomic E-state index is 4.67. The first-order valence-electron chi connectivity index (χ1n) is 8.05. The minimum absolute atomic E-state index is 0.696. The van der Waals surface area contributed by atoms with Crippen LogP contribution in [0.3, 0.4) is 0 Å². The quantitative estimate of drug-likeness (QED) is 0.459. The molecule has 0 aliphatic heterocycles. The van der Waals surface area contributed by atoms with E-state index in [1.54, 1.807) is 28.7 Å². The summed E-state index contributed by atoms with van der Waals surface area (Å²) in [7, 11) is 0. The van der Waals surface area contributed by atoms with Gasteiger partial charge < -0.3 is 4.40 Å². The van der Waals surface area contributed by atoms with Crippen molar-refractivity contribution in [2.45, 2.75) is 10.9 Å². The number of thioether (sulfide) groups is 1. The van der Waals surface area contributed by atoms with Crippen molar-refractivity contribution in [1.82, 2.24) is 34.2 Å². The Kier molecular flexibility index (Phi) is 3.60. The first-order valence-corrected chi connectivity index (χ1v) is 9.04. The SMILES string of the molecule is c1cncc(-c2ccc3nnc(SCc4cn5ccccc5n4)n3n2)c1. The van der Waals surface area contributed by atoms with Crippen LogP contribution in [0.1, 0.15) is 5.69 Å². The summed E-state index contributed by atoms with van der Waals surface area (Å²) in [6.07, 6.45) is 7.56. The van der Waals surface area contributed by atoms with E-state index in [0.717, 1.165) is 33.4 Å². The number of fused-ring (bicyclic) bond motifs is 2. The first kappa shape index (κ1) is 15.0. The zero-order valence-corrected chi connectivity index (χ0v) is 14.4. The van der Waals surface area contributed by atoms with Crippen molar-refractivity contribution in [2.24, 2.45) is 0 Å². The van der Waals surface area contributed by atoms with Gasteiger partial charge in [-0.1, -0.05) is 17.8 Å². The van der Waals surface area contributed by atoms with Crippen LogP contribution in [0.25, 0.3) is 22.6 Å². The standard InChI is InChI=1S/C18H13N7S/c1-2-9-24-11-14(20-16(24)5-1)12-26-18-22-21-17-7-6-15(23-25(17)18)13-4-3-8-19-10-13/h1-11H,12H2. The Morgan fingerprint density at radius 1 is 0.962 bits per heavy atom. The summed E-state index contributed by atoms with van der Waals surface area (Å²) in [6, 6.07) is 13.7. The molecule has 0 aromatic carbocycles. The van der Waals surface area contributed by atoms with Crippen molar-refractivity contribution in [1.29, 1.82) is 0 Å². The molecular weight excluding hydrogens is 346 g/mol. The van der Waals surface area contributed by atoms with Gasteiger partial charge in [0.1, 0.15) is 5.65 Å². The molecule has 0 fully saturated rings. The van der Waals surface area contributed by atoms with Gasteiger partial charge in [-0.05, 0) is 36.4 Å². The van der Waals surface area contributed by atoms with Crippen molar-refractivity contribution in [2.75, 3.05) is 0 Å². The van der Waals surface area contributed by atoms with Crippen LogP contribution in [0.15, 0.2) is 72.4 Å². The Hall–Kier alpha value is -3.26. The highest BCUT2D eigenvalue weighted by Gasteiger charge is 2.11. The van der Waals surface area contributed by atoms with E-state index >= 15 is 0 Å². The molecule has 5 aromatic heterocycles. The summed E-state index contributed by atoms with van der Waals surface area (Å²) in [5, 5.41) is 13.9. The lowest BCUT2D eigenvalue weighted by molar-refractivity contribution is 0.812. The number of hydrogen-bond donors (Lipinski definition) is 0. The summed E-state index contributed by atoms with van der Waals surface area (Å²) in [5.41, 5.74) is 4.43. The van der Waals surface area contributed by atoms with Crippen LogP contribution >= 0.6 is 11.8 Å². The largest absolute Gasteiger partial charge is 0.307 e. The molecule has 0 unspecified atom stereocenters. The van der Waals surface area contributed by atoms with Crippen molar-refractivity contribution in [3.8, 4) is 11.3 Å². The van der Waals surface area contributed by atoms with Crippen LogP contribution < -0.4 is 0 Å². The third-order valence-corrected chi connectivity index (χ3v) is 4.91. The second-order valence-electron chi connectivity index (χ2n) is 5.70. The maximum atomic E-state index is 4.67. The van der Waals surface area contributed by atoms with Crippen LogP contribution in [0.5, 0.6) is 0 Å². The average Bonchev–Trinajstić information content (AvgIpc) is 3.30. The van der Waals surface area contributed by atoms with Gasteiger partial charge in [-0.15, -0.1) is 10.2 Å². The Balaban J connectivity index is 1.45. The third kappa shape index (κ3) is 2.70. The number of hydrogen-bond acceptors (Lipinski definition) is 6. The van der Waals surface area contributed by atoms with Gasteiger partial charge in [-0.3, -0.25) is 4.98 Å². The molecule has 0 spiro atoms. The van der Waals surface area contributed by atoms with E-state index in [4.69, 9.17) is 0 Å². The topological polar surface area (TPSA) is 73.3 Å². The third-order valence-electron chi connectivity index (χ3n) is 3.95. The molecule has 5 heterocycles. The molecule has 0 aliphatic rings. The molecule has 5 rings (SSSR count). The monoisotopic (exact) mass is 359 g/mol. The fourth-order valence-corrected chi connectivity index (χ4v) is 3.49. The molecule has 26 heavy (non-hydrogen) atoms. The molecule has 7 nitrogen and oxygen atoms in total. The highest BCUT2D eigenvalue weighted by molar-refractivity contribution is 7.98. The Labute approximate surface area is 152 Å². The molecule has 126 valence electrons. The van der Waals surface area contributed by atoms with Crippen molar-refractivity contribution < 1.29 is 0 Å². The zero-order valence-electron chi connectivity index (χ0n) is 13.6. The van der Waals surface area contributed by atoms with Crippen molar-refractivity contribution >= 4 is 23.1 Å². The fourth-order valence-electron chi connectivity index (χ4n) is 2.72. The van der Waals surface area contributed by atoms with E-state index in [1.807, 2.05) is 59.3 Å². The number of pyridine rings is 2. The molecule has 0 saturated heterocycles. The van der Waals surface area contributed by atoms with E-state index in [9.17, 15) is 0 Å². The van der Waals surface area contributed by atoms with Gasteiger partial charge in [-0.25, -0.2) is 4.98 Å². The second kappa shape index (κ2) is 6.23. The minimum Gasteiger partial charge on any atom is -0.307 e. The van der Waals surface area contributed by atoms with E-state index in [2.05, 4.69) is 25.3 Å². The normalized spacial score (nSPS) is 11.4. The molecule has 0 saturated carbocycles. The molecule has 0 atom stereocenters. The summed E-state index contributed by atoms with van der Waals surface area (Å²) in [6.45, 7) is 0. The predicted molar refractivity (Wildman–Crippen MR) is 98.8 cm³/mol. The van der Waals surface area contributed by atoms with Gasteiger partial charge in [0.25, 0.3) is 0 Å². The minimum atomic E-state index is 0.696. The van der Waals surface area contributed by atoms with E-state index in [0.29, 0.717) is 5.75 Å². The lowest BCUT2D eigenvalue weighted by Gasteiger charge is -2.02. The second-order valence-corrected chi connectivity index (χ2v) is 6.64. The molecular formula is C18H13N7S. The molecule has 0 bridgehead atoms. The number of nitrogens with zero attached hydrogens (tertiary/aromatic N) is 7. The van der Waals surface area contributed by atoms with E-state index in [1.165, 1.54) is 0 Å². The summed E-state index contributed by atoms with van der Waals surface area (Å²) < 4.78 is 3.78. The highest BCUT2D eigenvalue weighted by Crippen LogP contribution is 2.23. The molecule has 0 amide bonds. The van der Waals surface area contributed by atoms with Gasteiger partial charge in [0, 0.05) is 36.1 Å². The Morgan fingerprint density at radius 2 is 1.96 bits per heavy atom. The van der Waals surface area contributed by atoms with Gasteiger partial charge >= 0.3 is 0 Å². The van der Waals surface area contributed by atoms with Crippen molar-refractivity contribution in [3.05, 3.63) is 72.9 Å². The number of imidazole rings is 1. The number of rotatable bonds is 4. The van der Waals surface area contributed by atoms with Crippen LogP contribution in [0.4, 0.5) is 0 Å². The maximum Gasteiger partial charge on any atom is 0.212 e. The fraction of sp³-hybridized carbons (Fsp3) is 0.0556. The van der Waals surface area contributed by atoms with Crippen molar-refractivity contribution in [3.63, 3.8) is 0 Å². The molecule has 0 N–H and O–H groups in total. The smallest absolute Gasteiger partial charge is 0.212 e. The first-order chi connectivity index (χ1) is 12.9. The van der Waals surface area contributed by atoms with Gasteiger partial charge in [-0.2, -0.15) is 9.61 Å². The lowest BCUT2D eigenvalue weighted by Crippen LogP contribution is -1.96. The van der Waals surface area contributed by atoms with E-state index in [-0.39, 0.29) is 0 Å². The average molecular weight is 359 g/mol. The Morgan fingerprint density at radius 3 is 2.85 bits per heavy atom. The van der Waals surface area contributed by atoms with E-state index < -0.39 is 0 Å². The summed E-state index contributed by atoms with van der Waals surface area (Å²) in [4.78, 5) is 8.77. The molecule has 8 heteroatoms. The summed E-state index contributed by atoms with van der Waals surface area (Å²) in [5.74, 6) is 0.696.